The van der Waals surface area contributed by atoms with Gasteiger partial charge in [0.1, 0.15) is 11.8 Å². The monoisotopic (exact) mass is 332 g/mol. The van der Waals surface area contributed by atoms with Crippen molar-refractivity contribution in [3.05, 3.63) is 28.6 Å². The number of esters is 1. The van der Waals surface area contributed by atoms with Crippen molar-refractivity contribution < 1.29 is 18.3 Å². The third-order valence-electron chi connectivity index (χ3n) is 2.42. The van der Waals surface area contributed by atoms with Crippen molar-refractivity contribution in [2.75, 3.05) is 6.61 Å². The van der Waals surface area contributed by atoms with E-state index in [1.54, 1.807) is 13.0 Å². The van der Waals surface area contributed by atoms with Crippen molar-refractivity contribution in [1.82, 2.24) is 4.98 Å². The molecule has 0 unspecified atom stereocenters. The number of halogens is 3. The largest absolute Gasteiger partial charge is 0.466 e. The van der Waals surface area contributed by atoms with Crippen LogP contribution in [0.1, 0.15) is 35.7 Å². The predicted molar refractivity (Wildman–Crippen MR) is 66.9 cm³/mol. The highest BCUT2D eigenvalue weighted by atomic mass is 79.9. The molecule has 0 aromatic carbocycles. The number of hydrogen-bond acceptors (Lipinski definition) is 4. The second-order valence-electron chi connectivity index (χ2n) is 3.55. The van der Waals surface area contributed by atoms with Gasteiger partial charge in [-0.1, -0.05) is 15.9 Å². The Labute approximate surface area is 117 Å². The zero-order valence-electron chi connectivity index (χ0n) is 10.1. The van der Waals surface area contributed by atoms with E-state index in [0.29, 0.717) is 5.56 Å². The number of carbonyl (C=O) groups is 1. The van der Waals surface area contributed by atoms with E-state index in [2.05, 4.69) is 20.9 Å². The Hall–Kier alpha value is -1.55. The fourth-order valence-electron chi connectivity index (χ4n) is 1.61. The SMILES string of the molecule is CCOC(=O)Cc1cnc(C#N)c(C(F)F)c1CBr. The first kappa shape index (κ1) is 15.5. The first-order valence-electron chi connectivity index (χ1n) is 5.45. The topological polar surface area (TPSA) is 63.0 Å². The van der Waals surface area contributed by atoms with Gasteiger partial charge in [0, 0.05) is 11.5 Å². The quantitative estimate of drug-likeness (QED) is 0.614. The van der Waals surface area contributed by atoms with E-state index in [1.165, 1.54) is 6.20 Å². The molecular formula is C12H11BrF2N2O2. The number of nitrogens with zero attached hydrogens (tertiary/aromatic N) is 2. The average molecular weight is 333 g/mol. The molecule has 0 fully saturated rings. The third kappa shape index (κ3) is 3.70. The molecule has 0 aliphatic heterocycles. The molecule has 0 atom stereocenters. The number of alkyl halides is 3. The van der Waals surface area contributed by atoms with Gasteiger partial charge in [0.05, 0.1) is 18.6 Å². The molecule has 0 N–H and O–H groups in total. The van der Waals surface area contributed by atoms with Crippen molar-refractivity contribution >= 4 is 21.9 Å². The second-order valence-corrected chi connectivity index (χ2v) is 4.11. The van der Waals surface area contributed by atoms with E-state index in [-0.39, 0.29) is 29.6 Å². The minimum atomic E-state index is -2.82. The summed E-state index contributed by atoms with van der Waals surface area (Å²) in [4.78, 5) is 15.1. The van der Waals surface area contributed by atoms with Crippen LogP contribution in [0.15, 0.2) is 6.20 Å². The molecule has 0 amide bonds. The maximum atomic E-state index is 13.0. The van der Waals surface area contributed by atoms with Gasteiger partial charge in [-0.25, -0.2) is 13.8 Å². The van der Waals surface area contributed by atoms with Crippen LogP contribution in [0, 0.1) is 11.3 Å². The van der Waals surface area contributed by atoms with Crippen LogP contribution in [-0.4, -0.2) is 17.6 Å². The van der Waals surface area contributed by atoms with Gasteiger partial charge >= 0.3 is 5.97 Å². The maximum Gasteiger partial charge on any atom is 0.310 e. The standard InChI is InChI=1S/C12H11BrF2N2O2/c1-2-19-10(18)3-7-6-17-9(5-16)11(12(14)15)8(7)4-13/h6,12H,2-4H2,1H3. The zero-order chi connectivity index (χ0) is 14.4. The van der Waals surface area contributed by atoms with Crippen LogP contribution < -0.4 is 0 Å². The summed E-state index contributed by atoms with van der Waals surface area (Å²) in [6.07, 6.45) is -1.71. The van der Waals surface area contributed by atoms with Gasteiger partial charge in [0.15, 0.2) is 0 Å². The van der Waals surface area contributed by atoms with Crippen LogP contribution in [0.3, 0.4) is 0 Å². The molecule has 0 saturated heterocycles. The van der Waals surface area contributed by atoms with E-state index in [4.69, 9.17) is 10.00 Å². The Bertz CT molecular complexity index is 515. The minimum absolute atomic E-state index is 0.110. The van der Waals surface area contributed by atoms with Gasteiger partial charge in [-0.3, -0.25) is 4.79 Å². The molecule has 4 nitrogen and oxygen atoms in total. The molecule has 0 bridgehead atoms. The van der Waals surface area contributed by atoms with Gasteiger partial charge in [-0.05, 0) is 18.1 Å². The summed E-state index contributed by atoms with van der Waals surface area (Å²) >= 11 is 3.10. The first-order chi connectivity index (χ1) is 9.04. The van der Waals surface area contributed by atoms with Crippen LogP contribution >= 0.6 is 15.9 Å². The van der Waals surface area contributed by atoms with Crippen molar-refractivity contribution in [2.45, 2.75) is 25.1 Å². The molecule has 1 heterocycles. The summed E-state index contributed by atoms with van der Waals surface area (Å²) in [7, 11) is 0. The molecule has 7 heteroatoms. The van der Waals surface area contributed by atoms with Crippen LogP contribution in [0.2, 0.25) is 0 Å². The molecule has 0 spiro atoms. The third-order valence-corrected chi connectivity index (χ3v) is 2.98. The van der Waals surface area contributed by atoms with E-state index in [0.717, 1.165) is 0 Å². The highest BCUT2D eigenvalue weighted by Crippen LogP contribution is 2.29. The Kier molecular flexibility index (Phi) is 5.83. The molecule has 1 aromatic rings. The highest BCUT2D eigenvalue weighted by Gasteiger charge is 2.22. The number of nitriles is 1. The lowest BCUT2D eigenvalue weighted by Crippen LogP contribution is -2.12. The number of hydrogen-bond donors (Lipinski definition) is 0. The van der Waals surface area contributed by atoms with E-state index in [9.17, 15) is 13.6 Å². The van der Waals surface area contributed by atoms with Gasteiger partial charge < -0.3 is 4.74 Å². The van der Waals surface area contributed by atoms with E-state index < -0.39 is 18.0 Å². The fourth-order valence-corrected chi connectivity index (χ4v) is 2.27. The van der Waals surface area contributed by atoms with Crippen LogP contribution in [-0.2, 0) is 21.3 Å². The molecule has 0 radical (unpaired) electrons. The van der Waals surface area contributed by atoms with Crippen LogP contribution in [0.25, 0.3) is 0 Å². The summed E-state index contributed by atoms with van der Waals surface area (Å²) < 4.78 is 30.8. The molecule has 0 aliphatic rings. The molecule has 102 valence electrons. The Balaban J connectivity index is 3.24. The Morgan fingerprint density at radius 2 is 2.32 bits per heavy atom. The fraction of sp³-hybridized carbons (Fsp3) is 0.417. The molecule has 19 heavy (non-hydrogen) atoms. The second kappa shape index (κ2) is 7.14. The number of carbonyl (C=O) groups excluding carboxylic acids is 1. The zero-order valence-corrected chi connectivity index (χ0v) is 11.7. The molecule has 0 saturated carbocycles. The average Bonchev–Trinajstić information content (AvgIpc) is 2.38. The highest BCUT2D eigenvalue weighted by molar-refractivity contribution is 9.08. The minimum Gasteiger partial charge on any atom is -0.466 e. The lowest BCUT2D eigenvalue weighted by atomic mass is 10.0. The van der Waals surface area contributed by atoms with Crippen molar-refractivity contribution in [2.24, 2.45) is 0 Å². The lowest BCUT2D eigenvalue weighted by molar-refractivity contribution is -0.142. The summed E-state index contributed by atoms with van der Waals surface area (Å²) in [6, 6.07) is 1.63. The lowest BCUT2D eigenvalue weighted by Gasteiger charge is -2.12. The van der Waals surface area contributed by atoms with Gasteiger partial charge in [0.25, 0.3) is 6.43 Å². The molecule has 1 aromatic heterocycles. The summed E-state index contributed by atoms with van der Waals surface area (Å²) in [5.41, 5.74) is -0.197. The van der Waals surface area contributed by atoms with Crippen LogP contribution in [0.5, 0.6) is 0 Å². The smallest absolute Gasteiger partial charge is 0.310 e. The molecular weight excluding hydrogens is 322 g/mol. The van der Waals surface area contributed by atoms with E-state index >= 15 is 0 Å². The van der Waals surface area contributed by atoms with Crippen molar-refractivity contribution in [3.8, 4) is 6.07 Å². The number of pyridine rings is 1. The number of rotatable bonds is 5. The normalized spacial score (nSPS) is 10.3. The number of ether oxygens (including phenoxy) is 1. The summed E-state index contributed by atoms with van der Waals surface area (Å²) in [5, 5.41) is 8.90. The van der Waals surface area contributed by atoms with Gasteiger partial charge in [0.2, 0.25) is 0 Å². The van der Waals surface area contributed by atoms with Gasteiger partial charge in [-0.2, -0.15) is 5.26 Å². The van der Waals surface area contributed by atoms with Crippen LogP contribution in [0.4, 0.5) is 8.78 Å². The van der Waals surface area contributed by atoms with E-state index in [1.807, 2.05) is 0 Å². The van der Waals surface area contributed by atoms with Gasteiger partial charge in [-0.15, -0.1) is 0 Å². The number of aromatic nitrogens is 1. The summed E-state index contributed by atoms with van der Waals surface area (Å²) in [5.74, 6) is -0.517. The molecule has 1 rings (SSSR count). The Morgan fingerprint density at radius 1 is 1.63 bits per heavy atom. The van der Waals surface area contributed by atoms with Crippen molar-refractivity contribution in [3.63, 3.8) is 0 Å². The molecule has 0 aliphatic carbocycles. The Morgan fingerprint density at radius 3 is 2.79 bits per heavy atom. The first-order valence-corrected chi connectivity index (χ1v) is 6.57. The van der Waals surface area contributed by atoms with Crippen molar-refractivity contribution in [1.29, 1.82) is 5.26 Å². The maximum absolute atomic E-state index is 13.0. The predicted octanol–water partition coefficient (Wildman–Crippen LogP) is 2.89. The summed E-state index contributed by atoms with van der Waals surface area (Å²) in [6.45, 7) is 1.87.